The summed E-state index contributed by atoms with van der Waals surface area (Å²) in [5, 5.41) is 10.4. The Hall–Kier alpha value is -0.520. The van der Waals surface area contributed by atoms with Gasteiger partial charge in [0.05, 0.1) is 6.10 Å². The Balaban J connectivity index is 2.81. The van der Waals surface area contributed by atoms with E-state index in [2.05, 4.69) is 46.5 Å². The summed E-state index contributed by atoms with van der Waals surface area (Å²) in [7, 11) is 0. The molecule has 98 valence electrons. The third-order valence-corrected chi connectivity index (χ3v) is 3.90. The molecule has 1 rings (SSSR count). The summed E-state index contributed by atoms with van der Waals surface area (Å²) in [5.41, 5.74) is 5.71. The summed E-state index contributed by atoms with van der Waals surface area (Å²) in [6, 6.07) is 0. The Labute approximate surface area is 106 Å². The summed E-state index contributed by atoms with van der Waals surface area (Å²) >= 11 is 0. The van der Waals surface area contributed by atoms with Crippen molar-refractivity contribution in [2.24, 2.45) is 22.0 Å². The minimum Gasteiger partial charge on any atom is -0.392 e. The van der Waals surface area contributed by atoms with Crippen LogP contribution in [0.2, 0.25) is 0 Å². The van der Waals surface area contributed by atoms with Crippen LogP contribution in [-0.4, -0.2) is 17.8 Å². The number of nitrogens with two attached hydrogens (primary N) is 1. The smallest absolute Gasteiger partial charge is 0.0668 e. The molecule has 0 aromatic rings. The molecule has 1 aliphatic carbocycles. The van der Waals surface area contributed by atoms with Gasteiger partial charge in [-0.3, -0.25) is 0 Å². The molecule has 2 unspecified atom stereocenters. The first-order valence-electron chi connectivity index (χ1n) is 6.51. The second kappa shape index (κ2) is 4.63. The maximum atomic E-state index is 10.4. The van der Waals surface area contributed by atoms with Crippen molar-refractivity contribution in [3.05, 3.63) is 0 Å². The van der Waals surface area contributed by atoms with Gasteiger partial charge >= 0.3 is 0 Å². The van der Waals surface area contributed by atoms with Gasteiger partial charge in [0.2, 0.25) is 0 Å². The van der Waals surface area contributed by atoms with Crippen LogP contribution in [-0.2, 0) is 0 Å². The summed E-state index contributed by atoms with van der Waals surface area (Å²) in [6.07, 6.45) is 2.39. The standard InChI is InChI=1S/C15H27NO/c1-13(2,3)7-6-8-15(11-16)10-9-14(4,5)12(15)17/h12,17H,8-11,16H2,1-5H3. The molecule has 0 heterocycles. The van der Waals surface area contributed by atoms with Crippen LogP contribution >= 0.6 is 0 Å². The van der Waals surface area contributed by atoms with E-state index in [1.165, 1.54) is 0 Å². The van der Waals surface area contributed by atoms with E-state index < -0.39 is 0 Å². The van der Waals surface area contributed by atoms with Gasteiger partial charge in [0.25, 0.3) is 0 Å². The van der Waals surface area contributed by atoms with Crippen LogP contribution < -0.4 is 5.73 Å². The van der Waals surface area contributed by atoms with E-state index in [9.17, 15) is 5.11 Å². The van der Waals surface area contributed by atoms with Gasteiger partial charge in [-0.05, 0) is 39.0 Å². The van der Waals surface area contributed by atoms with Crippen molar-refractivity contribution in [1.29, 1.82) is 0 Å². The Kier molecular flexibility index (Phi) is 3.96. The largest absolute Gasteiger partial charge is 0.392 e. The number of rotatable bonds is 2. The zero-order valence-corrected chi connectivity index (χ0v) is 11.9. The zero-order chi connectivity index (χ0) is 13.3. The Bertz CT molecular complexity index is 329. The number of hydrogen-bond acceptors (Lipinski definition) is 2. The molecular formula is C15H27NO. The predicted octanol–water partition coefficient (Wildman–Crippen LogP) is 2.55. The first kappa shape index (κ1) is 14.5. The van der Waals surface area contributed by atoms with Crippen molar-refractivity contribution < 1.29 is 5.11 Å². The highest BCUT2D eigenvalue weighted by Gasteiger charge is 2.50. The lowest BCUT2D eigenvalue weighted by Gasteiger charge is -2.34. The monoisotopic (exact) mass is 237 g/mol. The minimum absolute atomic E-state index is 0.0227. The fourth-order valence-corrected chi connectivity index (χ4v) is 2.63. The minimum atomic E-state index is -0.339. The summed E-state index contributed by atoms with van der Waals surface area (Å²) in [5.74, 6) is 6.48. The highest BCUT2D eigenvalue weighted by Crippen LogP contribution is 2.50. The maximum Gasteiger partial charge on any atom is 0.0668 e. The Morgan fingerprint density at radius 2 is 1.88 bits per heavy atom. The second-order valence-electron chi connectivity index (χ2n) is 7.19. The fraction of sp³-hybridized carbons (Fsp3) is 0.867. The van der Waals surface area contributed by atoms with Crippen molar-refractivity contribution >= 4 is 0 Å². The van der Waals surface area contributed by atoms with Gasteiger partial charge in [-0.1, -0.05) is 19.8 Å². The molecule has 0 saturated heterocycles. The van der Waals surface area contributed by atoms with E-state index >= 15 is 0 Å². The van der Waals surface area contributed by atoms with Gasteiger partial charge in [-0.2, -0.15) is 0 Å². The Morgan fingerprint density at radius 3 is 2.24 bits per heavy atom. The molecular weight excluding hydrogens is 210 g/mol. The second-order valence-corrected chi connectivity index (χ2v) is 7.19. The molecule has 17 heavy (non-hydrogen) atoms. The van der Waals surface area contributed by atoms with E-state index in [-0.39, 0.29) is 22.3 Å². The number of aliphatic hydroxyl groups is 1. The fourth-order valence-electron chi connectivity index (χ4n) is 2.63. The molecule has 3 N–H and O–H groups in total. The van der Waals surface area contributed by atoms with Crippen LogP contribution in [0.15, 0.2) is 0 Å². The molecule has 0 radical (unpaired) electrons. The van der Waals surface area contributed by atoms with Crippen molar-refractivity contribution in [2.75, 3.05) is 6.54 Å². The van der Waals surface area contributed by atoms with Gasteiger partial charge in [0.1, 0.15) is 0 Å². The van der Waals surface area contributed by atoms with E-state index in [0.29, 0.717) is 13.0 Å². The maximum absolute atomic E-state index is 10.4. The molecule has 0 aromatic heterocycles. The SMILES string of the molecule is CC(C)(C)C#CCC1(CN)CCC(C)(C)C1O. The highest BCUT2D eigenvalue weighted by atomic mass is 16.3. The van der Waals surface area contributed by atoms with Crippen molar-refractivity contribution in [3.63, 3.8) is 0 Å². The Morgan fingerprint density at radius 1 is 1.29 bits per heavy atom. The molecule has 2 nitrogen and oxygen atoms in total. The number of hydrogen-bond donors (Lipinski definition) is 2. The van der Waals surface area contributed by atoms with Crippen LogP contribution in [0.1, 0.15) is 53.9 Å². The topological polar surface area (TPSA) is 46.2 Å². The van der Waals surface area contributed by atoms with Crippen LogP contribution in [0.25, 0.3) is 0 Å². The molecule has 0 amide bonds. The quantitative estimate of drug-likeness (QED) is 0.725. The van der Waals surface area contributed by atoms with Crippen LogP contribution in [0.3, 0.4) is 0 Å². The first-order valence-corrected chi connectivity index (χ1v) is 6.51. The van der Waals surface area contributed by atoms with Crippen molar-refractivity contribution in [2.45, 2.75) is 60.0 Å². The van der Waals surface area contributed by atoms with Gasteiger partial charge < -0.3 is 10.8 Å². The summed E-state index contributed by atoms with van der Waals surface area (Å²) in [4.78, 5) is 0. The molecule has 0 bridgehead atoms. The summed E-state index contributed by atoms with van der Waals surface area (Å²) < 4.78 is 0. The molecule has 1 fully saturated rings. The average molecular weight is 237 g/mol. The highest BCUT2D eigenvalue weighted by molar-refractivity contribution is 5.13. The van der Waals surface area contributed by atoms with Crippen molar-refractivity contribution in [1.82, 2.24) is 0 Å². The third kappa shape index (κ3) is 3.24. The van der Waals surface area contributed by atoms with E-state index in [1.807, 2.05) is 0 Å². The van der Waals surface area contributed by atoms with E-state index in [0.717, 1.165) is 12.8 Å². The van der Waals surface area contributed by atoms with E-state index in [1.54, 1.807) is 0 Å². The van der Waals surface area contributed by atoms with Gasteiger partial charge in [-0.15, -0.1) is 5.92 Å². The van der Waals surface area contributed by atoms with Crippen molar-refractivity contribution in [3.8, 4) is 11.8 Å². The lowest BCUT2D eigenvalue weighted by atomic mass is 9.76. The third-order valence-electron chi connectivity index (χ3n) is 3.90. The van der Waals surface area contributed by atoms with Gasteiger partial charge in [0, 0.05) is 23.8 Å². The number of aliphatic hydroxyl groups excluding tert-OH is 1. The lowest BCUT2D eigenvalue weighted by Crippen LogP contribution is -2.42. The molecule has 1 saturated carbocycles. The van der Waals surface area contributed by atoms with Gasteiger partial charge in [-0.25, -0.2) is 0 Å². The summed E-state index contributed by atoms with van der Waals surface area (Å²) in [6.45, 7) is 11.1. The van der Waals surface area contributed by atoms with Gasteiger partial charge in [0.15, 0.2) is 0 Å². The predicted molar refractivity (Wildman–Crippen MR) is 72.4 cm³/mol. The van der Waals surface area contributed by atoms with E-state index in [4.69, 9.17) is 5.73 Å². The molecule has 2 heteroatoms. The van der Waals surface area contributed by atoms with Crippen LogP contribution in [0.5, 0.6) is 0 Å². The normalized spacial score (nSPS) is 32.1. The average Bonchev–Trinajstić information content (AvgIpc) is 2.41. The van der Waals surface area contributed by atoms with Crippen LogP contribution in [0, 0.1) is 28.1 Å². The molecule has 1 aliphatic rings. The molecule has 0 spiro atoms. The molecule has 0 aliphatic heterocycles. The lowest BCUT2D eigenvalue weighted by molar-refractivity contribution is -0.00229. The zero-order valence-electron chi connectivity index (χ0n) is 11.9. The molecule has 2 atom stereocenters. The van der Waals surface area contributed by atoms with Crippen LogP contribution in [0.4, 0.5) is 0 Å². The molecule has 0 aromatic carbocycles. The first-order chi connectivity index (χ1) is 7.63.